The Morgan fingerprint density at radius 1 is 1.29 bits per heavy atom. The van der Waals surface area contributed by atoms with E-state index in [1.54, 1.807) is 0 Å². The fraction of sp³-hybridized carbons (Fsp3) is 1.00. The predicted molar refractivity (Wildman–Crippen MR) is 22.6 cm³/mol. The van der Waals surface area contributed by atoms with Crippen molar-refractivity contribution in [1.29, 1.82) is 0 Å². The molecule has 0 unspecified atom stereocenters. The minimum absolute atomic E-state index is 0.535. The normalized spacial score (nSPS) is 22.4. The minimum Gasteiger partial charge on any atom is -0.197 e. The van der Waals surface area contributed by atoms with E-state index >= 15 is 0 Å². The lowest BCUT2D eigenvalue weighted by molar-refractivity contribution is 0.413. The first-order valence-corrected chi connectivity index (χ1v) is 3.52. The minimum atomic E-state index is -3.88. The van der Waals surface area contributed by atoms with Crippen LogP contribution in [0.1, 0.15) is 12.8 Å². The Hall–Kier alpha value is -0.0900. The van der Waals surface area contributed by atoms with Crippen LogP contribution in [0.3, 0.4) is 0 Å². The van der Waals surface area contributed by atoms with Crippen molar-refractivity contribution in [1.82, 2.24) is 0 Å². The second kappa shape index (κ2) is 1.20. The Labute approximate surface area is 42.1 Å². The van der Waals surface area contributed by atoms with Gasteiger partial charge in [0.25, 0.3) is 10.1 Å². The van der Waals surface area contributed by atoms with Gasteiger partial charge in [0.15, 0.2) is 0 Å². The summed E-state index contributed by atoms with van der Waals surface area (Å²) in [5, 5.41) is -0.535. The molecule has 7 heavy (non-hydrogen) atoms. The van der Waals surface area contributed by atoms with E-state index in [4.69, 9.17) is 0 Å². The second-order valence-electron chi connectivity index (χ2n) is 1.69. The average Bonchev–Trinajstić information content (AvgIpc) is 1.99. The molecule has 1 radical (unpaired) electrons. The van der Waals surface area contributed by atoms with E-state index in [-0.39, 0.29) is 0 Å². The first kappa shape index (κ1) is 5.05. The molecule has 0 bridgehead atoms. The van der Waals surface area contributed by atoms with Crippen LogP contribution in [0.25, 0.3) is 0 Å². The third-order valence-corrected chi connectivity index (χ3v) is 2.22. The Balaban J connectivity index is 2.71. The Morgan fingerprint density at radius 2 is 1.71 bits per heavy atom. The van der Waals surface area contributed by atoms with Crippen LogP contribution in [-0.2, 0) is 14.7 Å². The molecular formula is C3H5O3S. The molecule has 0 amide bonds. The Bertz CT molecular complexity index is 153. The zero-order valence-electron chi connectivity index (χ0n) is 3.62. The summed E-state index contributed by atoms with van der Waals surface area (Å²) in [7, 11) is -3.88. The third kappa shape index (κ3) is 1.14. The van der Waals surface area contributed by atoms with Crippen LogP contribution in [0.5, 0.6) is 0 Å². The van der Waals surface area contributed by atoms with Gasteiger partial charge in [0.2, 0.25) is 0 Å². The highest BCUT2D eigenvalue weighted by molar-refractivity contribution is 7.86. The van der Waals surface area contributed by atoms with Crippen LogP contribution in [0.15, 0.2) is 0 Å². The van der Waals surface area contributed by atoms with Gasteiger partial charge in [-0.3, -0.25) is 0 Å². The number of rotatable bonds is 1. The van der Waals surface area contributed by atoms with Crippen molar-refractivity contribution in [2.24, 2.45) is 0 Å². The van der Waals surface area contributed by atoms with E-state index < -0.39 is 15.4 Å². The molecule has 0 atom stereocenters. The molecule has 0 aromatic rings. The van der Waals surface area contributed by atoms with Crippen molar-refractivity contribution >= 4 is 10.1 Å². The Morgan fingerprint density at radius 3 is 1.71 bits per heavy atom. The van der Waals surface area contributed by atoms with Crippen LogP contribution in [0.4, 0.5) is 0 Å². The van der Waals surface area contributed by atoms with E-state index in [0.717, 1.165) is 0 Å². The van der Waals surface area contributed by atoms with E-state index in [0.29, 0.717) is 12.8 Å². The van der Waals surface area contributed by atoms with Gasteiger partial charge in [0, 0.05) is 0 Å². The standard InChI is InChI=1S/C3H5O3S/c4-7(5,6)3-1-2-3/h3H,1-2H2. The lowest BCUT2D eigenvalue weighted by atomic mass is 11.0. The van der Waals surface area contributed by atoms with E-state index in [9.17, 15) is 13.0 Å². The lowest BCUT2D eigenvalue weighted by Gasteiger charge is -1.79. The fourth-order valence-corrected chi connectivity index (χ4v) is 1.07. The zero-order chi connectivity index (χ0) is 5.49. The molecule has 0 aliphatic heterocycles. The molecule has 1 fully saturated rings. The maximum Gasteiger partial charge on any atom is 0.297 e. The first-order valence-electron chi connectivity index (χ1n) is 2.05. The summed E-state index contributed by atoms with van der Waals surface area (Å²) >= 11 is 0. The van der Waals surface area contributed by atoms with Crippen molar-refractivity contribution in [3.05, 3.63) is 0 Å². The highest BCUT2D eigenvalue weighted by Gasteiger charge is 2.35. The highest BCUT2D eigenvalue weighted by Crippen LogP contribution is 2.27. The van der Waals surface area contributed by atoms with Crippen molar-refractivity contribution in [3.63, 3.8) is 0 Å². The van der Waals surface area contributed by atoms with Crippen LogP contribution in [-0.4, -0.2) is 13.7 Å². The van der Waals surface area contributed by atoms with Gasteiger partial charge >= 0.3 is 0 Å². The molecule has 1 aliphatic rings. The van der Waals surface area contributed by atoms with Crippen LogP contribution >= 0.6 is 0 Å². The monoisotopic (exact) mass is 121 g/mol. The molecule has 0 spiro atoms. The van der Waals surface area contributed by atoms with Gasteiger partial charge in [0.1, 0.15) is 0 Å². The van der Waals surface area contributed by atoms with Gasteiger partial charge in [-0.2, -0.15) is 8.42 Å². The molecule has 3 nitrogen and oxygen atoms in total. The molecule has 0 aromatic heterocycles. The predicted octanol–water partition coefficient (Wildman–Crippen LogP) is -0.0909. The van der Waals surface area contributed by atoms with E-state index in [1.807, 2.05) is 0 Å². The van der Waals surface area contributed by atoms with Gasteiger partial charge in [-0.25, -0.2) is 0 Å². The largest absolute Gasteiger partial charge is 0.297 e. The van der Waals surface area contributed by atoms with Gasteiger partial charge in [-0.1, -0.05) is 4.55 Å². The summed E-state index contributed by atoms with van der Waals surface area (Å²) in [6, 6.07) is 0. The van der Waals surface area contributed by atoms with E-state index in [2.05, 4.69) is 0 Å². The van der Waals surface area contributed by atoms with Gasteiger partial charge in [-0.05, 0) is 12.8 Å². The zero-order valence-corrected chi connectivity index (χ0v) is 4.44. The maximum absolute atomic E-state index is 9.84. The molecule has 0 aromatic carbocycles. The smallest absolute Gasteiger partial charge is 0.197 e. The van der Waals surface area contributed by atoms with Gasteiger partial charge < -0.3 is 0 Å². The van der Waals surface area contributed by atoms with Crippen molar-refractivity contribution in [3.8, 4) is 0 Å². The van der Waals surface area contributed by atoms with Gasteiger partial charge in [0.05, 0.1) is 5.25 Å². The second-order valence-corrected chi connectivity index (χ2v) is 3.34. The molecule has 41 valence electrons. The van der Waals surface area contributed by atoms with Crippen LogP contribution in [0.2, 0.25) is 0 Å². The molecule has 1 saturated carbocycles. The lowest BCUT2D eigenvalue weighted by Crippen LogP contribution is -2.00. The molecule has 0 saturated heterocycles. The molecular weight excluding hydrogens is 116 g/mol. The number of hydrogen-bond donors (Lipinski definition) is 0. The Kier molecular flexibility index (Phi) is 0.864. The summed E-state index contributed by atoms with van der Waals surface area (Å²) in [5.41, 5.74) is 0. The quantitative estimate of drug-likeness (QED) is 0.486. The third-order valence-electron chi connectivity index (χ3n) is 0.933. The topological polar surface area (TPSA) is 54.0 Å². The molecule has 4 heteroatoms. The maximum atomic E-state index is 9.84. The summed E-state index contributed by atoms with van der Waals surface area (Å²) in [5.74, 6) is 0. The van der Waals surface area contributed by atoms with Crippen LogP contribution < -0.4 is 0 Å². The molecule has 1 aliphatic carbocycles. The highest BCUT2D eigenvalue weighted by atomic mass is 32.2. The van der Waals surface area contributed by atoms with E-state index in [1.165, 1.54) is 0 Å². The first-order chi connectivity index (χ1) is 3.11. The average molecular weight is 121 g/mol. The van der Waals surface area contributed by atoms with Crippen LogP contribution in [0, 0.1) is 0 Å². The van der Waals surface area contributed by atoms with Crippen molar-refractivity contribution in [2.75, 3.05) is 0 Å². The summed E-state index contributed by atoms with van der Waals surface area (Å²) in [4.78, 5) is 0. The van der Waals surface area contributed by atoms with Gasteiger partial charge in [-0.15, -0.1) is 0 Å². The molecule has 0 heterocycles. The summed E-state index contributed by atoms with van der Waals surface area (Å²) < 4.78 is 29.5. The molecule has 0 N–H and O–H groups in total. The number of hydrogen-bond acceptors (Lipinski definition) is 2. The fourth-order valence-electron chi connectivity index (χ4n) is 0.357. The summed E-state index contributed by atoms with van der Waals surface area (Å²) in [6.07, 6.45) is 1.15. The van der Waals surface area contributed by atoms with Crippen molar-refractivity contribution < 1.29 is 13.0 Å². The SMILES string of the molecule is [O]S(=O)(=O)C1CC1. The van der Waals surface area contributed by atoms with Crippen molar-refractivity contribution in [2.45, 2.75) is 18.1 Å². The summed E-state index contributed by atoms with van der Waals surface area (Å²) in [6.45, 7) is 0. The molecule has 1 rings (SSSR count).